The number of benzene rings is 1. The Hall–Kier alpha value is -10.6. The van der Waals surface area contributed by atoms with Crippen molar-refractivity contribution in [2.45, 2.75) is 321 Å². The van der Waals surface area contributed by atoms with Crippen molar-refractivity contribution in [2.24, 2.45) is 5.41 Å². The van der Waals surface area contributed by atoms with E-state index in [0.29, 0.717) is 9.80 Å². The number of nitrogens with zero attached hydrogens (tertiary/aromatic N) is 2. The second kappa shape index (κ2) is 46.5. The van der Waals surface area contributed by atoms with Crippen LogP contribution < -0.4 is 5.32 Å². The maximum absolute atomic E-state index is 15.5. The SMILES string of the molecule is CO[C@H]1O[C@H](CO[C@@H]2O[C@H](COS(=O)(=O)O)[C@@H](O[C@@H]3O[C@H](COC(C)=O)[C@H](OC(C)=O)[C@H](OC(C)=O)[C@H]3OC(C)=O)[C@H](O[C@@H]3O[C@@H](C)[C@@H](O)[C@@H](O)[C@@H]3O)[C@H]2N2C(=O)c3ccccc3C2=O)[C@H](OC(C)=O)[C@H](O[C@@H]2O[C@H](COC(=O)C(C)(C)C)[C@H](OC(C)=O)[C@H](O[C@]3(C(=O)O)C[C@H](OC(C)=O)[C@@H](N(C(C)=O)C(C)=O)[C@H]([C@H](OC(C)=O)[C@@H](COC(C)=O)OC(C)=O)O3)[C@H]2OC(C)=O)[C@H]1NC(C)=O. The highest BCUT2D eigenvalue weighted by atomic mass is 32.3. The zero-order valence-electron chi connectivity index (χ0n) is 76.3. The molecule has 0 aromatic heterocycles. The number of hydrogen-bond donors (Lipinski definition) is 6. The van der Waals surface area contributed by atoms with Gasteiger partial charge in [0.15, 0.2) is 80.3 Å². The number of imide groups is 2. The van der Waals surface area contributed by atoms with Gasteiger partial charge in [0.25, 0.3) is 17.6 Å². The van der Waals surface area contributed by atoms with E-state index in [1.54, 1.807) is 0 Å². The van der Waals surface area contributed by atoms with E-state index in [-0.39, 0.29) is 0 Å². The molecule has 0 aliphatic carbocycles. The van der Waals surface area contributed by atoms with Gasteiger partial charge in [-0.3, -0.25) is 95.9 Å². The predicted molar refractivity (Wildman–Crippen MR) is 426 cm³/mol. The highest BCUT2D eigenvalue weighted by molar-refractivity contribution is 7.80. The van der Waals surface area contributed by atoms with Gasteiger partial charge in [0, 0.05) is 104 Å². The number of amides is 5. The molecule has 7 aliphatic rings. The summed E-state index contributed by atoms with van der Waals surface area (Å²) in [4.78, 5) is 249. The van der Waals surface area contributed by atoms with Crippen molar-refractivity contribution in [1.29, 1.82) is 0 Å². The molecule has 0 spiro atoms. The first kappa shape index (κ1) is 110. The van der Waals surface area contributed by atoms with Gasteiger partial charge in [0.05, 0.1) is 42.3 Å². The van der Waals surface area contributed by atoms with E-state index < -0.39 is 363 Å². The van der Waals surface area contributed by atoms with Gasteiger partial charge in [0.2, 0.25) is 17.7 Å². The van der Waals surface area contributed by atoms with Crippen molar-refractivity contribution in [3.63, 3.8) is 0 Å². The van der Waals surface area contributed by atoms with Gasteiger partial charge >= 0.3 is 88.0 Å². The van der Waals surface area contributed by atoms with E-state index in [2.05, 4.69) is 5.32 Å². The van der Waals surface area contributed by atoms with E-state index >= 15 is 9.59 Å². The minimum absolute atomic E-state index is 0.355. The molecular formula is C81H109N3O50S. The summed E-state index contributed by atoms with van der Waals surface area (Å²) >= 11 is 0. The average Bonchev–Trinajstić information content (AvgIpc) is 1.66. The average molecular weight is 1960 g/mol. The summed E-state index contributed by atoms with van der Waals surface area (Å²) in [6.07, 6.45) is -63.9. The molecule has 135 heavy (non-hydrogen) atoms. The number of nitrogens with one attached hydrogen (secondary N) is 1. The number of esters is 12. The van der Waals surface area contributed by atoms with Gasteiger partial charge in [-0.1, -0.05) is 12.1 Å². The number of carboxylic acids is 1. The lowest BCUT2D eigenvalue weighted by Gasteiger charge is -2.53. The van der Waals surface area contributed by atoms with Crippen molar-refractivity contribution in [3.05, 3.63) is 35.4 Å². The van der Waals surface area contributed by atoms with E-state index in [9.17, 15) is 110 Å². The van der Waals surface area contributed by atoms with Crippen LogP contribution >= 0.6 is 0 Å². The van der Waals surface area contributed by atoms with Crippen LogP contribution in [0, 0.1) is 5.41 Å². The fraction of sp³-hybridized carbons (Fsp3) is 0.704. The molecule has 7 heterocycles. The second-order valence-corrected chi connectivity index (χ2v) is 33.9. The molecule has 5 amide bonds. The van der Waals surface area contributed by atoms with E-state index in [4.69, 9.17) is 118 Å². The van der Waals surface area contributed by atoms with E-state index in [1.165, 1.54) is 32.9 Å². The Morgan fingerprint density at radius 3 is 1.41 bits per heavy atom. The number of rotatable bonds is 36. The Morgan fingerprint density at radius 2 is 0.948 bits per heavy atom. The fourth-order valence-corrected chi connectivity index (χ4v) is 16.3. The summed E-state index contributed by atoms with van der Waals surface area (Å²) in [7, 11) is -4.83. The number of carbonyl (C=O) groups excluding carboxylic acids is 17. The van der Waals surface area contributed by atoms with Crippen LogP contribution in [-0.4, -0.2) is 380 Å². The normalized spacial score (nSPS) is 32.8. The minimum Gasteiger partial charge on any atom is -0.477 e. The van der Waals surface area contributed by atoms with Crippen LogP contribution in [0.5, 0.6) is 0 Å². The molecule has 7 aliphatic heterocycles. The molecule has 0 bridgehead atoms. The molecular weight excluding hydrogens is 1850 g/mol. The lowest BCUT2D eigenvalue weighted by atomic mass is 9.86. The van der Waals surface area contributed by atoms with Crippen molar-refractivity contribution >= 4 is 118 Å². The van der Waals surface area contributed by atoms with Crippen LogP contribution in [0.2, 0.25) is 0 Å². The zero-order valence-corrected chi connectivity index (χ0v) is 77.1. The number of carboxylic acid groups (broad SMARTS) is 1. The quantitative estimate of drug-likeness (QED) is 0.0163. The Morgan fingerprint density at radius 1 is 0.504 bits per heavy atom. The molecule has 31 atom stereocenters. The Bertz CT molecular complexity index is 4630. The summed E-state index contributed by atoms with van der Waals surface area (Å²) in [5.74, 6) is -26.9. The molecule has 6 N–H and O–H groups in total. The Balaban J connectivity index is 1.39. The third kappa shape index (κ3) is 27.9. The molecule has 1 aromatic carbocycles. The number of aliphatic carboxylic acids is 1. The largest absolute Gasteiger partial charge is 0.477 e. The third-order valence-electron chi connectivity index (χ3n) is 21.1. The highest BCUT2D eigenvalue weighted by Gasteiger charge is 2.67. The molecule has 53 nitrogen and oxygen atoms in total. The lowest BCUT2D eigenvalue weighted by Crippen LogP contribution is -2.73. The molecule has 8 rings (SSSR count). The monoisotopic (exact) mass is 1960 g/mol. The van der Waals surface area contributed by atoms with E-state index in [1.807, 2.05) is 0 Å². The number of methoxy groups -OCH3 is 1. The van der Waals surface area contributed by atoms with Gasteiger partial charge in [-0.2, -0.15) is 8.42 Å². The van der Waals surface area contributed by atoms with Crippen molar-refractivity contribution in [3.8, 4) is 0 Å². The van der Waals surface area contributed by atoms with Gasteiger partial charge in [-0.15, -0.1) is 0 Å². The smallest absolute Gasteiger partial charge is 0.397 e. The first-order chi connectivity index (χ1) is 62.9. The van der Waals surface area contributed by atoms with Crippen LogP contribution in [0.1, 0.15) is 152 Å². The first-order valence-corrected chi connectivity index (χ1v) is 42.9. The van der Waals surface area contributed by atoms with Crippen molar-refractivity contribution in [1.82, 2.24) is 15.1 Å². The fourth-order valence-electron chi connectivity index (χ4n) is 16.0. The predicted octanol–water partition coefficient (Wildman–Crippen LogP) is -3.66. The van der Waals surface area contributed by atoms with Crippen molar-refractivity contribution < 1.29 is 238 Å². The zero-order chi connectivity index (χ0) is 101. The van der Waals surface area contributed by atoms with Gasteiger partial charge in [-0.05, 0) is 39.8 Å². The standard InChI is InChI=1S/C81H109N3O50S/c1-30-56(99)57(100)58(101)75(116-30)132-65-55(84-71(102)45-22-20-21-23-46(45)72(84)103)74(127-52(29-115-135(107,108)109)60(65)130-76-69(124-43(14)97)67(123-42(13)96)62(121-40(11)94)49(128-76)26-112-35(6)89)113-27-50-59(119-38(9)92)64(53(82-31(2)85)73(110-19)126-50)131-77-70(125-44(15)98)68(63(122-41(12)95)51(129-77)28-114-79(106)80(16,17)18)134-81(78(104)105)24-47(117-36(7)90)54(83(32(3)86)33(4)87)66(133-81)61(120-39(10)93)48(118-37(8)91)25-111-34(5)88/h20-23,30,47-70,73-77,99-101H,24-29H2,1-19H3,(H,82,85)(H,104,105)(H,107,108,109)/t30-,47-,48+,49+,50+,51+,52+,53+,54+,55+,56+,57+,58-,59-,60+,61+,62-,63-,64+,65+,66+,67-,68-,69+,70+,73-,74+,75-,76-,77-,81-/m0/s1. The number of aliphatic hydroxyl groups is 3. The molecule has 754 valence electrons. The molecule has 6 fully saturated rings. The van der Waals surface area contributed by atoms with Crippen molar-refractivity contribution in [2.75, 3.05) is 40.1 Å². The molecule has 0 saturated carbocycles. The Kier molecular flexibility index (Phi) is 37.7. The second-order valence-electron chi connectivity index (χ2n) is 32.8. The van der Waals surface area contributed by atoms with Crippen LogP contribution in [0.4, 0.5) is 0 Å². The molecule has 54 heteroatoms. The molecule has 1 aromatic rings. The lowest BCUT2D eigenvalue weighted by molar-refractivity contribution is -0.386. The minimum atomic E-state index is -5.77. The number of hydrogen-bond acceptors (Lipinski definition) is 48. The maximum atomic E-state index is 15.5. The summed E-state index contributed by atoms with van der Waals surface area (Å²) < 4.78 is 187. The van der Waals surface area contributed by atoms with Crippen LogP contribution in [0.15, 0.2) is 24.3 Å². The van der Waals surface area contributed by atoms with Gasteiger partial charge in [-0.25, -0.2) is 8.98 Å². The maximum Gasteiger partial charge on any atom is 0.397 e. The third-order valence-corrected chi connectivity index (χ3v) is 21.6. The number of aliphatic hydroxyl groups excluding tert-OH is 3. The van der Waals surface area contributed by atoms with Gasteiger partial charge in [0.1, 0.15) is 117 Å². The number of carbonyl (C=O) groups is 18. The highest BCUT2D eigenvalue weighted by Crippen LogP contribution is 2.46. The summed E-state index contributed by atoms with van der Waals surface area (Å²) in [6, 6.07) is -1.83. The topological polar surface area (TPSA) is 692 Å². The van der Waals surface area contributed by atoms with Crippen LogP contribution in [-0.2, 0) is 205 Å². The molecule has 6 saturated heterocycles. The Labute approximate surface area is 769 Å². The van der Waals surface area contributed by atoms with Crippen LogP contribution in [0.3, 0.4) is 0 Å². The van der Waals surface area contributed by atoms with Gasteiger partial charge < -0.3 is 139 Å². The molecule has 0 unspecified atom stereocenters. The number of ether oxygens (including phenoxy) is 24. The van der Waals surface area contributed by atoms with E-state index in [0.717, 1.165) is 123 Å². The molecule has 0 radical (unpaired) electrons. The number of fused-ring (bicyclic) bond motifs is 1. The summed E-state index contributed by atoms with van der Waals surface area (Å²) in [6.45, 7) is 10.6. The first-order valence-electron chi connectivity index (χ1n) is 41.6. The van der Waals surface area contributed by atoms with Crippen LogP contribution in [0.25, 0.3) is 0 Å². The summed E-state index contributed by atoms with van der Waals surface area (Å²) in [5, 5.41) is 49.0. The summed E-state index contributed by atoms with van der Waals surface area (Å²) in [5.41, 5.74) is -2.25.